The van der Waals surface area contributed by atoms with Crippen molar-refractivity contribution in [1.29, 1.82) is 0 Å². The molecule has 0 saturated heterocycles. The van der Waals surface area contributed by atoms with Crippen LogP contribution in [-0.2, 0) is 19.7 Å². The lowest BCUT2D eigenvalue weighted by molar-refractivity contribution is -0.149. The number of carbonyl (C=O) groups is 1. The second kappa shape index (κ2) is 15.3. The predicted octanol–water partition coefficient (Wildman–Crippen LogP) is 4.94. The molecule has 0 radical (unpaired) electrons. The van der Waals surface area contributed by atoms with Crippen LogP contribution >= 0.6 is 0 Å². The van der Waals surface area contributed by atoms with E-state index in [4.69, 9.17) is 18.9 Å². The zero-order valence-electron chi connectivity index (χ0n) is 21.2. The second-order valence-electron chi connectivity index (χ2n) is 8.11. The van der Waals surface area contributed by atoms with E-state index in [1.54, 1.807) is 27.4 Å². The first-order chi connectivity index (χ1) is 15.9. The van der Waals surface area contributed by atoms with Crippen LogP contribution in [0.1, 0.15) is 38.7 Å². The maximum Gasteiger partial charge on any atom is 0.316 e. The van der Waals surface area contributed by atoms with Crippen LogP contribution in [0.5, 0.6) is 11.5 Å². The van der Waals surface area contributed by atoms with E-state index in [-0.39, 0.29) is 5.97 Å². The zero-order valence-corrected chi connectivity index (χ0v) is 21.2. The minimum absolute atomic E-state index is 0.223. The number of nitrogens with zero attached hydrogens (tertiary/aromatic N) is 1. The van der Waals surface area contributed by atoms with Gasteiger partial charge in [0.2, 0.25) is 0 Å². The van der Waals surface area contributed by atoms with Crippen molar-refractivity contribution in [2.75, 3.05) is 54.7 Å². The lowest BCUT2D eigenvalue weighted by atomic mass is 9.78. The smallest absolute Gasteiger partial charge is 0.316 e. The van der Waals surface area contributed by atoms with Crippen molar-refractivity contribution in [1.82, 2.24) is 4.90 Å². The Morgan fingerprint density at radius 3 is 2.48 bits per heavy atom. The van der Waals surface area contributed by atoms with Crippen molar-refractivity contribution < 1.29 is 23.7 Å². The summed E-state index contributed by atoms with van der Waals surface area (Å²) in [6, 6.07) is 5.63. The molecule has 0 fully saturated rings. The molecule has 0 aliphatic carbocycles. The van der Waals surface area contributed by atoms with Crippen molar-refractivity contribution >= 4 is 5.97 Å². The molecule has 0 spiro atoms. The number of ether oxygens (including phenoxy) is 4. The number of allylic oxidation sites excluding steroid dienone is 3. The summed E-state index contributed by atoms with van der Waals surface area (Å²) in [7, 11) is 6.97. The molecule has 0 aromatic heterocycles. The van der Waals surface area contributed by atoms with E-state index in [9.17, 15) is 4.79 Å². The molecule has 0 aliphatic heterocycles. The predicted molar refractivity (Wildman–Crippen MR) is 134 cm³/mol. The molecule has 6 heteroatoms. The van der Waals surface area contributed by atoms with Gasteiger partial charge in [0, 0.05) is 13.7 Å². The van der Waals surface area contributed by atoms with E-state index >= 15 is 0 Å². The molecule has 1 atom stereocenters. The largest absolute Gasteiger partial charge is 0.493 e. The van der Waals surface area contributed by atoms with Gasteiger partial charge < -0.3 is 23.8 Å². The topological polar surface area (TPSA) is 57.2 Å². The molecule has 1 unspecified atom stereocenters. The van der Waals surface area contributed by atoms with Crippen molar-refractivity contribution in [2.45, 2.75) is 38.5 Å². The molecule has 0 aliphatic rings. The van der Waals surface area contributed by atoms with E-state index in [2.05, 4.69) is 24.6 Å². The lowest BCUT2D eigenvalue weighted by Crippen LogP contribution is -2.35. The first-order valence-electron chi connectivity index (χ1n) is 11.4. The highest BCUT2D eigenvalue weighted by molar-refractivity contribution is 5.83. The van der Waals surface area contributed by atoms with Gasteiger partial charge in [0.05, 0.1) is 32.8 Å². The van der Waals surface area contributed by atoms with E-state index in [1.807, 2.05) is 44.2 Å². The summed E-state index contributed by atoms with van der Waals surface area (Å²) in [6.45, 7) is 10.3. The van der Waals surface area contributed by atoms with E-state index in [0.29, 0.717) is 31.1 Å². The zero-order chi connectivity index (χ0) is 24.7. The molecule has 6 nitrogen and oxygen atoms in total. The van der Waals surface area contributed by atoms with Crippen LogP contribution < -0.4 is 9.47 Å². The molecule has 1 aromatic rings. The van der Waals surface area contributed by atoms with Crippen LogP contribution in [0.2, 0.25) is 0 Å². The molecule has 0 heterocycles. The number of esters is 1. The molecule has 1 aromatic carbocycles. The Hall–Kier alpha value is -2.57. The van der Waals surface area contributed by atoms with Gasteiger partial charge in [0.1, 0.15) is 0 Å². The molecule has 0 amide bonds. The van der Waals surface area contributed by atoms with Gasteiger partial charge in [0.25, 0.3) is 0 Å². The molecule has 0 saturated carbocycles. The van der Waals surface area contributed by atoms with Gasteiger partial charge in [-0.15, -0.1) is 0 Å². The fourth-order valence-electron chi connectivity index (χ4n) is 3.64. The fraction of sp³-hybridized carbons (Fsp3) is 0.519. The van der Waals surface area contributed by atoms with Gasteiger partial charge in [0.15, 0.2) is 11.5 Å². The number of hydrogen-bond donors (Lipinski definition) is 0. The normalized spacial score (nSPS) is 13.7. The van der Waals surface area contributed by atoms with Gasteiger partial charge in [-0.3, -0.25) is 4.79 Å². The van der Waals surface area contributed by atoms with E-state index in [0.717, 1.165) is 31.5 Å². The monoisotopic (exact) mass is 459 g/mol. The summed E-state index contributed by atoms with van der Waals surface area (Å²) in [5.41, 5.74) is 1.30. The van der Waals surface area contributed by atoms with Crippen molar-refractivity contribution in [2.24, 2.45) is 0 Å². The van der Waals surface area contributed by atoms with Crippen molar-refractivity contribution in [3.8, 4) is 11.5 Å². The van der Waals surface area contributed by atoms with Crippen LogP contribution in [0.15, 0.2) is 54.7 Å². The number of methoxy groups -OCH3 is 3. The van der Waals surface area contributed by atoms with Crippen LogP contribution in [0.3, 0.4) is 0 Å². The first-order valence-corrected chi connectivity index (χ1v) is 11.4. The standard InChI is InChI=1S/C27H41NO5/c1-8-12-22(13-10-20-30-5)16-19-28(4)18-11-17-27(3,26(29)33-9-2)23-14-15-24(31-6)25(21-23)32-7/h8,10,12-15,21H,1,9,11,16-20H2,2-7H3/b13-10-,22-12+. The van der Waals surface area contributed by atoms with Gasteiger partial charge in [-0.1, -0.05) is 36.9 Å². The highest BCUT2D eigenvalue weighted by atomic mass is 16.5. The third kappa shape index (κ3) is 9.06. The van der Waals surface area contributed by atoms with Crippen LogP contribution in [-0.4, -0.2) is 65.5 Å². The molecular weight excluding hydrogens is 418 g/mol. The van der Waals surface area contributed by atoms with Gasteiger partial charge in [-0.2, -0.15) is 0 Å². The summed E-state index contributed by atoms with van der Waals surface area (Å²) < 4.78 is 21.3. The molecule has 1 rings (SSSR count). The van der Waals surface area contributed by atoms with E-state index in [1.165, 1.54) is 5.57 Å². The average molecular weight is 460 g/mol. The Bertz CT molecular complexity index is 802. The van der Waals surface area contributed by atoms with Gasteiger partial charge in [-0.05, 0) is 70.0 Å². The molecule has 0 bridgehead atoms. The van der Waals surface area contributed by atoms with Crippen LogP contribution in [0.4, 0.5) is 0 Å². The minimum Gasteiger partial charge on any atom is -0.493 e. The summed E-state index contributed by atoms with van der Waals surface area (Å²) in [5.74, 6) is 1.01. The maximum absolute atomic E-state index is 13.0. The first kappa shape index (κ1) is 28.5. The lowest BCUT2D eigenvalue weighted by Gasteiger charge is -2.29. The average Bonchev–Trinajstić information content (AvgIpc) is 2.82. The molecular formula is C27H41NO5. The summed E-state index contributed by atoms with van der Waals surface area (Å²) in [4.78, 5) is 15.2. The Kier molecular flexibility index (Phi) is 13.2. The van der Waals surface area contributed by atoms with Gasteiger partial charge in [-0.25, -0.2) is 0 Å². The third-order valence-electron chi connectivity index (χ3n) is 5.67. The quantitative estimate of drug-likeness (QED) is 0.258. The minimum atomic E-state index is -0.771. The van der Waals surface area contributed by atoms with Gasteiger partial charge >= 0.3 is 5.97 Å². The Morgan fingerprint density at radius 2 is 1.88 bits per heavy atom. The van der Waals surface area contributed by atoms with Crippen LogP contribution in [0, 0.1) is 0 Å². The number of hydrogen-bond acceptors (Lipinski definition) is 6. The summed E-state index contributed by atoms with van der Waals surface area (Å²) in [6.07, 6.45) is 10.3. The number of rotatable bonds is 16. The Labute approximate surface area is 199 Å². The number of carbonyl (C=O) groups excluding carboxylic acids is 1. The SMILES string of the molecule is C=C/C=C(\C=C/COC)CCN(C)CCCC(C)(C(=O)OCC)c1ccc(OC)c(OC)c1. The Balaban J connectivity index is 2.84. The highest BCUT2D eigenvalue weighted by Gasteiger charge is 2.37. The molecule has 0 N–H and O–H groups in total. The number of benzene rings is 1. The van der Waals surface area contributed by atoms with Crippen molar-refractivity contribution in [3.05, 3.63) is 60.2 Å². The molecule has 33 heavy (non-hydrogen) atoms. The molecule has 184 valence electrons. The summed E-state index contributed by atoms with van der Waals surface area (Å²) >= 11 is 0. The highest BCUT2D eigenvalue weighted by Crippen LogP contribution is 2.36. The third-order valence-corrected chi connectivity index (χ3v) is 5.67. The second-order valence-corrected chi connectivity index (χ2v) is 8.11. The summed E-state index contributed by atoms with van der Waals surface area (Å²) in [5, 5.41) is 0. The van der Waals surface area contributed by atoms with Crippen LogP contribution in [0.25, 0.3) is 0 Å². The van der Waals surface area contributed by atoms with E-state index < -0.39 is 5.41 Å². The fourth-order valence-corrected chi connectivity index (χ4v) is 3.64. The van der Waals surface area contributed by atoms with Crippen molar-refractivity contribution in [3.63, 3.8) is 0 Å². The Morgan fingerprint density at radius 1 is 1.15 bits per heavy atom. The maximum atomic E-state index is 13.0.